The van der Waals surface area contributed by atoms with Gasteiger partial charge in [0, 0.05) is 39.8 Å². The Kier molecular flexibility index (Phi) is 5.80. The summed E-state index contributed by atoms with van der Waals surface area (Å²) in [5.41, 5.74) is 1.97. The van der Waals surface area contributed by atoms with Crippen molar-refractivity contribution in [2.24, 2.45) is 7.05 Å². The van der Waals surface area contributed by atoms with E-state index in [1.54, 1.807) is 11.0 Å². The highest BCUT2D eigenvalue weighted by molar-refractivity contribution is 5.86. The van der Waals surface area contributed by atoms with Crippen molar-refractivity contribution in [1.29, 1.82) is 0 Å². The molecule has 0 spiro atoms. The Labute approximate surface area is 164 Å². The first kappa shape index (κ1) is 18.8. The maximum Gasteiger partial charge on any atom is 0.163 e. The molecule has 4 rings (SSSR count). The van der Waals surface area contributed by atoms with E-state index in [0.29, 0.717) is 19.8 Å². The zero-order valence-electron chi connectivity index (χ0n) is 16.1. The second-order valence-electron chi connectivity index (χ2n) is 7.14. The van der Waals surface area contributed by atoms with E-state index in [-0.39, 0.29) is 0 Å². The summed E-state index contributed by atoms with van der Waals surface area (Å²) in [5.74, 6) is 0.935. The van der Waals surface area contributed by atoms with Gasteiger partial charge in [0.2, 0.25) is 0 Å². The number of aliphatic hydroxyl groups is 1. The summed E-state index contributed by atoms with van der Waals surface area (Å²) in [6.07, 6.45) is 2.93. The van der Waals surface area contributed by atoms with E-state index in [1.165, 1.54) is 0 Å². The van der Waals surface area contributed by atoms with E-state index in [9.17, 15) is 5.11 Å². The number of aromatic nitrogens is 4. The molecule has 148 valence electrons. The molecule has 0 unspecified atom stereocenters. The molecular formula is C20H26N6O2. The number of hydrogen-bond acceptors (Lipinski definition) is 7. The lowest BCUT2D eigenvalue weighted by Gasteiger charge is -2.36. The molecule has 1 atom stereocenters. The van der Waals surface area contributed by atoms with Gasteiger partial charge in [-0.3, -0.25) is 9.58 Å². The number of aliphatic hydroxyl groups excluding tert-OH is 1. The summed E-state index contributed by atoms with van der Waals surface area (Å²) >= 11 is 0. The number of nitrogens with zero attached hydrogens (tertiary/aromatic N) is 6. The third-order valence-electron chi connectivity index (χ3n) is 5.07. The first-order valence-electron chi connectivity index (χ1n) is 9.60. The number of piperazine rings is 1. The van der Waals surface area contributed by atoms with Crippen molar-refractivity contribution in [3.8, 4) is 0 Å². The number of β-amino-alcohol motifs (C(OH)–C–C–N with tert-alkyl or cyclic N) is 1. The van der Waals surface area contributed by atoms with Gasteiger partial charge in [-0.15, -0.1) is 0 Å². The van der Waals surface area contributed by atoms with Gasteiger partial charge in [-0.05, 0) is 5.56 Å². The van der Waals surface area contributed by atoms with Crippen LogP contribution in [0, 0.1) is 0 Å². The molecule has 1 aromatic carbocycles. The zero-order chi connectivity index (χ0) is 19.3. The highest BCUT2D eigenvalue weighted by Gasteiger charge is 2.22. The normalized spacial score (nSPS) is 16.6. The average molecular weight is 382 g/mol. The fourth-order valence-corrected chi connectivity index (χ4v) is 3.58. The number of benzene rings is 1. The number of ether oxygens (including phenoxy) is 1. The molecule has 0 saturated carbocycles. The van der Waals surface area contributed by atoms with Gasteiger partial charge in [0.15, 0.2) is 5.65 Å². The summed E-state index contributed by atoms with van der Waals surface area (Å²) in [5, 5.41) is 15.6. The lowest BCUT2D eigenvalue weighted by molar-refractivity contribution is 0.00913. The number of fused-ring (bicyclic) bond motifs is 1. The molecule has 3 aromatic rings. The second kappa shape index (κ2) is 8.64. The molecule has 0 amide bonds. The van der Waals surface area contributed by atoms with Crippen LogP contribution in [-0.4, -0.2) is 75.2 Å². The van der Waals surface area contributed by atoms with Crippen molar-refractivity contribution in [2.75, 3.05) is 44.2 Å². The van der Waals surface area contributed by atoms with Crippen molar-refractivity contribution in [2.45, 2.75) is 12.7 Å². The van der Waals surface area contributed by atoms with Crippen LogP contribution in [0.1, 0.15) is 5.56 Å². The zero-order valence-corrected chi connectivity index (χ0v) is 16.1. The van der Waals surface area contributed by atoms with Crippen molar-refractivity contribution in [1.82, 2.24) is 24.6 Å². The van der Waals surface area contributed by atoms with Crippen molar-refractivity contribution < 1.29 is 9.84 Å². The largest absolute Gasteiger partial charge is 0.389 e. The molecule has 1 aliphatic rings. The number of hydrogen-bond donors (Lipinski definition) is 1. The lowest BCUT2D eigenvalue weighted by Crippen LogP contribution is -2.49. The molecule has 0 bridgehead atoms. The topological polar surface area (TPSA) is 79.5 Å². The van der Waals surface area contributed by atoms with Crippen LogP contribution in [0.4, 0.5) is 5.82 Å². The Balaban J connectivity index is 1.25. The van der Waals surface area contributed by atoms with Crippen LogP contribution in [0.3, 0.4) is 0 Å². The van der Waals surface area contributed by atoms with Gasteiger partial charge < -0.3 is 14.7 Å². The van der Waals surface area contributed by atoms with Crippen LogP contribution in [0.15, 0.2) is 42.9 Å². The molecule has 1 aliphatic heterocycles. The Bertz CT molecular complexity index is 892. The summed E-state index contributed by atoms with van der Waals surface area (Å²) in [6.45, 7) is 4.97. The molecule has 0 aliphatic carbocycles. The van der Waals surface area contributed by atoms with E-state index in [4.69, 9.17) is 4.74 Å². The van der Waals surface area contributed by atoms with Crippen molar-refractivity contribution in [3.63, 3.8) is 0 Å². The van der Waals surface area contributed by atoms with E-state index in [0.717, 1.165) is 48.6 Å². The quantitative estimate of drug-likeness (QED) is 0.655. The fraction of sp³-hybridized carbons (Fsp3) is 0.450. The van der Waals surface area contributed by atoms with Crippen LogP contribution in [-0.2, 0) is 18.4 Å². The van der Waals surface area contributed by atoms with Gasteiger partial charge in [0.25, 0.3) is 0 Å². The highest BCUT2D eigenvalue weighted by atomic mass is 16.5. The maximum atomic E-state index is 10.3. The molecule has 2 aromatic heterocycles. The minimum Gasteiger partial charge on any atom is -0.389 e. The molecule has 0 radical (unpaired) electrons. The van der Waals surface area contributed by atoms with Crippen LogP contribution >= 0.6 is 0 Å². The lowest BCUT2D eigenvalue weighted by atomic mass is 10.2. The van der Waals surface area contributed by atoms with Crippen LogP contribution in [0.2, 0.25) is 0 Å². The molecule has 1 saturated heterocycles. The Hall–Kier alpha value is -2.55. The predicted octanol–water partition coefficient (Wildman–Crippen LogP) is 1.06. The summed E-state index contributed by atoms with van der Waals surface area (Å²) < 4.78 is 7.42. The highest BCUT2D eigenvalue weighted by Crippen LogP contribution is 2.23. The first-order chi connectivity index (χ1) is 13.7. The standard InChI is InChI=1S/C20H26N6O2/c1-24-19-18(11-23-24)20(22-15-21-19)26-9-7-25(8-10-26)12-17(27)14-28-13-16-5-3-2-4-6-16/h2-6,11,15,17,27H,7-10,12-14H2,1H3/t17-/m1/s1. The van der Waals surface area contributed by atoms with Gasteiger partial charge in [-0.2, -0.15) is 5.10 Å². The number of rotatable bonds is 7. The molecular weight excluding hydrogens is 356 g/mol. The van der Waals surface area contributed by atoms with Crippen LogP contribution in [0.5, 0.6) is 0 Å². The van der Waals surface area contributed by atoms with E-state index in [1.807, 2.05) is 43.6 Å². The van der Waals surface area contributed by atoms with Gasteiger partial charge in [-0.25, -0.2) is 9.97 Å². The van der Waals surface area contributed by atoms with Gasteiger partial charge in [0.05, 0.1) is 30.9 Å². The minimum absolute atomic E-state index is 0.345. The van der Waals surface area contributed by atoms with Crippen molar-refractivity contribution >= 4 is 16.9 Å². The van der Waals surface area contributed by atoms with Crippen molar-refractivity contribution in [3.05, 3.63) is 48.4 Å². The summed E-state index contributed by atoms with van der Waals surface area (Å²) in [7, 11) is 1.89. The van der Waals surface area contributed by atoms with E-state index in [2.05, 4.69) is 24.9 Å². The van der Waals surface area contributed by atoms with Gasteiger partial charge in [0.1, 0.15) is 12.1 Å². The molecule has 28 heavy (non-hydrogen) atoms. The van der Waals surface area contributed by atoms with E-state index >= 15 is 0 Å². The average Bonchev–Trinajstić information content (AvgIpc) is 3.11. The maximum absolute atomic E-state index is 10.3. The Morgan fingerprint density at radius 3 is 2.68 bits per heavy atom. The molecule has 1 fully saturated rings. The first-order valence-corrected chi connectivity index (χ1v) is 9.60. The Morgan fingerprint density at radius 2 is 1.89 bits per heavy atom. The Morgan fingerprint density at radius 1 is 1.11 bits per heavy atom. The smallest absolute Gasteiger partial charge is 0.163 e. The number of aryl methyl sites for hydroxylation is 1. The molecule has 8 heteroatoms. The minimum atomic E-state index is -0.487. The van der Waals surface area contributed by atoms with Crippen LogP contribution < -0.4 is 4.90 Å². The SMILES string of the molecule is Cn1ncc2c(N3CCN(C[C@@H](O)COCc4ccccc4)CC3)ncnc21. The summed E-state index contributed by atoms with van der Waals surface area (Å²) in [4.78, 5) is 13.3. The van der Waals surface area contributed by atoms with Gasteiger partial charge in [-0.1, -0.05) is 30.3 Å². The third kappa shape index (κ3) is 4.30. The van der Waals surface area contributed by atoms with Crippen LogP contribution in [0.25, 0.3) is 11.0 Å². The molecule has 8 nitrogen and oxygen atoms in total. The third-order valence-corrected chi connectivity index (χ3v) is 5.07. The molecule has 3 heterocycles. The fourth-order valence-electron chi connectivity index (χ4n) is 3.58. The molecule has 1 N–H and O–H groups in total. The predicted molar refractivity (Wildman–Crippen MR) is 107 cm³/mol. The van der Waals surface area contributed by atoms with Gasteiger partial charge >= 0.3 is 0 Å². The number of anilines is 1. The summed E-state index contributed by atoms with van der Waals surface area (Å²) in [6, 6.07) is 10.0. The monoisotopic (exact) mass is 382 g/mol. The second-order valence-corrected chi connectivity index (χ2v) is 7.14. The van der Waals surface area contributed by atoms with E-state index < -0.39 is 6.10 Å².